The summed E-state index contributed by atoms with van der Waals surface area (Å²) >= 11 is 0. The average molecular weight is 573 g/mol. The van der Waals surface area contributed by atoms with Gasteiger partial charge in [-0.3, -0.25) is 14.5 Å². The lowest BCUT2D eigenvalue weighted by Gasteiger charge is -2.29. The lowest BCUT2D eigenvalue weighted by Crippen LogP contribution is -2.38. The van der Waals surface area contributed by atoms with Crippen LogP contribution in [0.15, 0.2) is 72.3 Å². The molecule has 0 radical (unpaired) electrons. The second-order valence-electron chi connectivity index (χ2n) is 10.5. The first kappa shape index (κ1) is 29.2. The number of aryl methyl sites for hydroxylation is 1. The van der Waals surface area contributed by atoms with Crippen molar-refractivity contribution in [2.45, 2.75) is 26.0 Å². The molecule has 9 nitrogen and oxygen atoms in total. The molecule has 2 fully saturated rings. The summed E-state index contributed by atoms with van der Waals surface area (Å²) in [6.07, 6.45) is 0.644. The van der Waals surface area contributed by atoms with Crippen LogP contribution in [0.5, 0.6) is 17.2 Å². The average Bonchev–Trinajstić information content (AvgIpc) is 3.26. The number of phenols is 1. The van der Waals surface area contributed by atoms with Crippen LogP contribution >= 0.6 is 0 Å². The molecule has 220 valence electrons. The van der Waals surface area contributed by atoms with Gasteiger partial charge in [-0.1, -0.05) is 36.4 Å². The second-order valence-corrected chi connectivity index (χ2v) is 10.5. The first-order chi connectivity index (χ1) is 20.4. The Morgan fingerprint density at radius 3 is 2.48 bits per heavy atom. The van der Waals surface area contributed by atoms with Gasteiger partial charge in [-0.25, -0.2) is 0 Å². The van der Waals surface area contributed by atoms with Crippen molar-refractivity contribution in [2.75, 3.05) is 46.5 Å². The van der Waals surface area contributed by atoms with E-state index < -0.39 is 17.7 Å². The van der Waals surface area contributed by atoms with E-state index in [-0.39, 0.29) is 22.8 Å². The number of aliphatic hydroxyl groups is 1. The van der Waals surface area contributed by atoms with E-state index in [0.717, 1.165) is 25.2 Å². The zero-order chi connectivity index (χ0) is 29.6. The smallest absolute Gasteiger partial charge is 0.295 e. The number of morpholine rings is 1. The number of amides is 1. The highest BCUT2D eigenvalue weighted by Gasteiger charge is 2.46. The number of methoxy groups -OCH3 is 1. The van der Waals surface area contributed by atoms with Gasteiger partial charge in [0.1, 0.15) is 18.1 Å². The molecule has 42 heavy (non-hydrogen) atoms. The minimum Gasteiger partial charge on any atom is -0.507 e. The lowest BCUT2D eigenvalue weighted by molar-refractivity contribution is -0.140. The highest BCUT2D eigenvalue weighted by molar-refractivity contribution is 6.46. The van der Waals surface area contributed by atoms with Crippen LogP contribution in [0.2, 0.25) is 0 Å². The van der Waals surface area contributed by atoms with Gasteiger partial charge < -0.3 is 29.3 Å². The number of benzene rings is 3. The molecule has 0 bridgehead atoms. The van der Waals surface area contributed by atoms with Gasteiger partial charge in [-0.2, -0.15) is 0 Å². The normalized spacial score (nSPS) is 18.8. The van der Waals surface area contributed by atoms with E-state index in [4.69, 9.17) is 14.2 Å². The first-order valence-corrected chi connectivity index (χ1v) is 14.1. The van der Waals surface area contributed by atoms with Crippen LogP contribution < -0.4 is 9.47 Å². The molecule has 2 heterocycles. The molecular formula is C33H36N2O7. The molecule has 0 aromatic heterocycles. The van der Waals surface area contributed by atoms with Gasteiger partial charge in [0, 0.05) is 31.7 Å². The van der Waals surface area contributed by atoms with E-state index in [0.29, 0.717) is 55.2 Å². The number of hydrogen-bond acceptors (Lipinski definition) is 8. The summed E-state index contributed by atoms with van der Waals surface area (Å²) < 4.78 is 16.7. The standard InChI is InChI=1S/C33H36N2O7/c1-22-19-25(42-21-23-7-4-3-5-8-23)10-11-26(22)31(37)29-30(24-9-12-27(36)28(20-24)40-2)35(33(39)32(29)38)14-6-13-34-15-17-41-18-16-34/h3-5,7-12,19-20,30,36-37H,6,13-18,21H2,1-2H3/t30-/m1/s1. The van der Waals surface area contributed by atoms with Crippen molar-refractivity contribution in [3.05, 3.63) is 94.6 Å². The molecular weight excluding hydrogens is 536 g/mol. The minimum absolute atomic E-state index is 0.000157. The van der Waals surface area contributed by atoms with Crippen LogP contribution in [0, 0.1) is 6.92 Å². The number of ketones is 1. The third kappa shape index (κ3) is 6.27. The van der Waals surface area contributed by atoms with Crippen LogP contribution in [0.4, 0.5) is 0 Å². The monoisotopic (exact) mass is 572 g/mol. The topological polar surface area (TPSA) is 109 Å². The second kappa shape index (κ2) is 13.1. The van der Waals surface area contributed by atoms with Gasteiger partial charge in [0.2, 0.25) is 0 Å². The molecule has 2 saturated heterocycles. The molecule has 0 saturated carbocycles. The summed E-state index contributed by atoms with van der Waals surface area (Å²) in [6.45, 7) is 6.27. The number of hydrogen-bond donors (Lipinski definition) is 2. The number of carbonyl (C=O) groups excluding carboxylic acids is 2. The van der Waals surface area contributed by atoms with Crippen LogP contribution in [-0.2, 0) is 20.9 Å². The molecule has 9 heteroatoms. The van der Waals surface area contributed by atoms with Crippen LogP contribution in [-0.4, -0.2) is 78.2 Å². The minimum atomic E-state index is -0.849. The maximum atomic E-state index is 13.5. The molecule has 2 aliphatic heterocycles. The molecule has 0 unspecified atom stereocenters. The number of nitrogens with zero attached hydrogens (tertiary/aromatic N) is 2. The molecule has 0 aliphatic carbocycles. The molecule has 1 atom stereocenters. The Morgan fingerprint density at radius 1 is 1.00 bits per heavy atom. The summed E-state index contributed by atoms with van der Waals surface area (Å²) in [5, 5.41) is 21.8. The Kier molecular flexibility index (Phi) is 9.09. The first-order valence-electron chi connectivity index (χ1n) is 14.1. The molecule has 2 N–H and O–H groups in total. The van der Waals surface area contributed by atoms with E-state index in [2.05, 4.69) is 4.90 Å². The van der Waals surface area contributed by atoms with Gasteiger partial charge in [0.25, 0.3) is 11.7 Å². The zero-order valence-corrected chi connectivity index (χ0v) is 23.9. The third-order valence-corrected chi connectivity index (χ3v) is 7.74. The third-order valence-electron chi connectivity index (χ3n) is 7.74. The summed E-state index contributed by atoms with van der Waals surface area (Å²) in [4.78, 5) is 30.7. The number of rotatable bonds is 10. The van der Waals surface area contributed by atoms with Crippen LogP contribution in [0.3, 0.4) is 0 Å². The fourth-order valence-electron chi connectivity index (χ4n) is 5.49. The number of aliphatic hydroxyl groups excluding tert-OH is 1. The van der Waals surface area contributed by atoms with E-state index >= 15 is 0 Å². The molecule has 2 aliphatic rings. The predicted octanol–water partition coefficient (Wildman–Crippen LogP) is 4.43. The van der Waals surface area contributed by atoms with Gasteiger partial charge >= 0.3 is 0 Å². The molecule has 0 spiro atoms. The SMILES string of the molecule is COc1cc([C@@H]2C(=C(O)c3ccc(OCc4ccccc4)cc3C)C(=O)C(=O)N2CCCN2CCOCC2)ccc1O. The fraction of sp³-hybridized carbons (Fsp3) is 0.333. The van der Waals surface area contributed by atoms with Crippen molar-refractivity contribution in [1.29, 1.82) is 0 Å². The summed E-state index contributed by atoms with van der Waals surface area (Å²) in [5.74, 6) is -0.907. The summed E-state index contributed by atoms with van der Waals surface area (Å²) in [7, 11) is 1.43. The maximum absolute atomic E-state index is 13.5. The Morgan fingerprint density at radius 2 is 1.76 bits per heavy atom. The van der Waals surface area contributed by atoms with E-state index in [1.165, 1.54) is 18.1 Å². The number of Topliss-reactive ketones (excluding diaryl/α,β-unsaturated/α-hetero) is 1. The molecule has 1 amide bonds. The van der Waals surface area contributed by atoms with Crippen LogP contribution in [0.25, 0.3) is 5.76 Å². The fourth-order valence-corrected chi connectivity index (χ4v) is 5.49. The Hall–Kier alpha value is -4.34. The van der Waals surface area contributed by atoms with Crippen molar-refractivity contribution in [3.63, 3.8) is 0 Å². The van der Waals surface area contributed by atoms with Gasteiger partial charge in [-0.15, -0.1) is 0 Å². The van der Waals surface area contributed by atoms with Gasteiger partial charge in [-0.05, 0) is 60.4 Å². The van der Waals surface area contributed by atoms with Crippen molar-refractivity contribution in [3.8, 4) is 17.2 Å². The lowest BCUT2D eigenvalue weighted by atomic mass is 9.93. The molecule has 3 aromatic rings. The van der Waals surface area contributed by atoms with E-state index in [1.807, 2.05) is 37.3 Å². The Balaban J connectivity index is 1.46. The van der Waals surface area contributed by atoms with Crippen molar-refractivity contribution < 1.29 is 34.0 Å². The van der Waals surface area contributed by atoms with E-state index in [1.54, 1.807) is 30.3 Å². The van der Waals surface area contributed by atoms with E-state index in [9.17, 15) is 19.8 Å². The quantitative estimate of drug-likeness (QED) is 0.209. The number of ether oxygens (including phenoxy) is 3. The van der Waals surface area contributed by atoms with Crippen molar-refractivity contribution >= 4 is 17.4 Å². The van der Waals surface area contributed by atoms with Gasteiger partial charge in [0.05, 0.1) is 31.9 Å². The number of aromatic hydroxyl groups is 1. The molecule has 3 aromatic carbocycles. The Labute approximate surface area is 245 Å². The number of carbonyl (C=O) groups is 2. The number of likely N-dealkylation sites (tertiary alicyclic amines) is 1. The maximum Gasteiger partial charge on any atom is 0.295 e. The van der Waals surface area contributed by atoms with Gasteiger partial charge in [0.15, 0.2) is 11.5 Å². The number of phenolic OH excluding ortho intramolecular Hbond substituents is 1. The van der Waals surface area contributed by atoms with Crippen molar-refractivity contribution in [2.24, 2.45) is 0 Å². The highest BCUT2D eigenvalue weighted by Crippen LogP contribution is 2.42. The predicted molar refractivity (Wildman–Crippen MR) is 157 cm³/mol. The van der Waals surface area contributed by atoms with Crippen molar-refractivity contribution in [1.82, 2.24) is 9.80 Å². The summed E-state index contributed by atoms with van der Waals surface area (Å²) in [5.41, 5.74) is 2.71. The largest absolute Gasteiger partial charge is 0.507 e. The highest BCUT2D eigenvalue weighted by atomic mass is 16.5. The Bertz CT molecular complexity index is 1460. The zero-order valence-electron chi connectivity index (χ0n) is 23.9. The van der Waals surface area contributed by atoms with Crippen LogP contribution in [0.1, 0.15) is 34.7 Å². The molecule has 5 rings (SSSR count). The summed E-state index contributed by atoms with van der Waals surface area (Å²) in [6, 6.07) is 18.9.